The van der Waals surface area contributed by atoms with E-state index in [9.17, 15) is 9.59 Å². The summed E-state index contributed by atoms with van der Waals surface area (Å²) in [7, 11) is 1.60. The van der Waals surface area contributed by atoms with Crippen LogP contribution in [0.4, 0.5) is 17.1 Å². The first-order valence-electron chi connectivity index (χ1n) is 11.2. The zero-order valence-electron chi connectivity index (χ0n) is 20.0. The number of methoxy groups -OCH3 is 1. The van der Waals surface area contributed by atoms with Gasteiger partial charge in [0.05, 0.1) is 34.7 Å². The molecule has 0 aliphatic carbocycles. The predicted octanol–water partition coefficient (Wildman–Crippen LogP) is 3.31. The number of hydrogen-bond acceptors (Lipinski definition) is 9. The van der Waals surface area contributed by atoms with E-state index in [0.29, 0.717) is 23.0 Å². The number of nitrogens with one attached hydrogen (secondary N) is 3. The maximum atomic E-state index is 13.0. The van der Waals surface area contributed by atoms with E-state index in [1.54, 1.807) is 19.5 Å². The van der Waals surface area contributed by atoms with E-state index in [4.69, 9.17) is 9.47 Å². The maximum Gasteiger partial charge on any atom is 0.263 e. The SMILES string of the molecule is C=CC(=O)NCCNC(=O)c1sc2nccc3c2c1NC(OC)N3c1cnc(OC(C)C)cc1C. The van der Waals surface area contributed by atoms with Gasteiger partial charge in [-0.3, -0.25) is 14.5 Å². The van der Waals surface area contributed by atoms with Gasteiger partial charge in [-0.2, -0.15) is 0 Å². The zero-order chi connectivity index (χ0) is 25.1. The number of anilines is 3. The van der Waals surface area contributed by atoms with Gasteiger partial charge in [0.1, 0.15) is 9.71 Å². The smallest absolute Gasteiger partial charge is 0.263 e. The predicted molar refractivity (Wildman–Crippen MR) is 136 cm³/mol. The topological polar surface area (TPSA) is 118 Å². The van der Waals surface area contributed by atoms with Crippen molar-refractivity contribution in [1.82, 2.24) is 20.6 Å². The Morgan fingerprint density at radius 2 is 2.06 bits per heavy atom. The van der Waals surface area contributed by atoms with Gasteiger partial charge in [0.25, 0.3) is 5.91 Å². The van der Waals surface area contributed by atoms with Crippen LogP contribution in [0, 0.1) is 6.92 Å². The summed E-state index contributed by atoms with van der Waals surface area (Å²) in [6, 6.07) is 3.80. The lowest BCUT2D eigenvalue weighted by Gasteiger charge is -2.38. The number of carbonyl (C=O) groups is 2. The first kappa shape index (κ1) is 24.4. The van der Waals surface area contributed by atoms with Gasteiger partial charge in [-0.15, -0.1) is 11.3 Å². The Morgan fingerprint density at radius 3 is 2.74 bits per heavy atom. The quantitative estimate of drug-likeness (QED) is 0.305. The van der Waals surface area contributed by atoms with Crippen LogP contribution in [0.3, 0.4) is 0 Å². The zero-order valence-corrected chi connectivity index (χ0v) is 20.9. The van der Waals surface area contributed by atoms with Gasteiger partial charge in [0.15, 0.2) is 0 Å². The average Bonchev–Trinajstić information content (AvgIpc) is 3.21. The highest BCUT2D eigenvalue weighted by molar-refractivity contribution is 7.21. The molecule has 0 fully saturated rings. The van der Waals surface area contributed by atoms with Crippen LogP contribution in [-0.2, 0) is 9.53 Å². The van der Waals surface area contributed by atoms with Crippen molar-refractivity contribution < 1.29 is 19.1 Å². The molecule has 1 aliphatic rings. The minimum atomic E-state index is -0.585. The van der Waals surface area contributed by atoms with Gasteiger partial charge in [-0.1, -0.05) is 6.58 Å². The molecule has 11 heteroatoms. The standard InChI is InChI=1S/C24H28N6O4S/c1-6-17(31)25-9-10-26-22(32)21-20-19-15(7-8-27-23(19)35-21)30(24(29-20)33-5)16-12-28-18(11-14(16)4)34-13(2)3/h6-8,11-13,24,29H,1,9-10H2,2-5H3,(H,25,31)(H,26,32). The van der Waals surface area contributed by atoms with E-state index in [1.807, 2.05) is 37.8 Å². The molecule has 1 unspecified atom stereocenters. The summed E-state index contributed by atoms with van der Waals surface area (Å²) in [6.07, 6.45) is 4.10. The van der Waals surface area contributed by atoms with Crippen molar-refractivity contribution in [2.75, 3.05) is 30.4 Å². The molecular weight excluding hydrogens is 468 g/mol. The third-order valence-electron chi connectivity index (χ3n) is 5.33. The van der Waals surface area contributed by atoms with Gasteiger partial charge in [0.2, 0.25) is 18.1 Å². The third kappa shape index (κ3) is 4.91. The highest BCUT2D eigenvalue weighted by Gasteiger charge is 2.34. The lowest BCUT2D eigenvalue weighted by atomic mass is 10.1. The van der Waals surface area contributed by atoms with Crippen LogP contribution < -0.4 is 25.6 Å². The fourth-order valence-corrected chi connectivity index (χ4v) is 4.88. The second-order valence-corrected chi connectivity index (χ2v) is 9.14. The van der Waals surface area contributed by atoms with Crippen molar-refractivity contribution in [3.05, 3.63) is 47.6 Å². The largest absolute Gasteiger partial charge is 0.475 e. The summed E-state index contributed by atoms with van der Waals surface area (Å²) in [6.45, 7) is 9.88. The van der Waals surface area contributed by atoms with Crippen molar-refractivity contribution in [3.63, 3.8) is 0 Å². The molecule has 3 aromatic heterocycles. The highest BCUT2D eigenvalue weighted by atomic mass is 32.1. The summed E-state index contributed by atoms with van der Waals surface area (Å²) in [5.74, 6) is 0.00786. The molecule has 0 spiro atoms. The van der Waals surface area contributed by atoms with Gasteiger partial charge in [-0.05, 0) is 38.5 Å². The van der Waals surface area contributed by atoms with Crippen molar-refractivity contribution in [2.45, 2.75) is 33.2 Å². The minimum Gasteiger partial charge on any atom is -0.475 e. The normalized spacial score (nSPS) is 14.5. The summed E-state index contributed by atoms with van der Waals surface area (Å²) in [5.41, 5.74) is 3.32. The monoisotopic (exact) mass is 496 g/mol. The molecule has 4 heterocycles. The molecule has 4 rings (SSSR count). The molecule has 35 heavy (non-hydrogen) atoms. The minimum absolute atomic E-state index is 0.0205. The van der Waals surface area contributed by atoms with Gasteiger partial charge < -0.3 is 25.4 Å². The average molecular weight is 497 g/mol. The van der Waals surface area contributed by atoms with Gasteiger partial charge in [0, 0.05) is 32.5 Å². The van der Waals surface area contributed by atoms with Crippen LogP contribution in [0.1, 0.15) is 29.1 Å². The summed E-state index contributed by atoms with van der Waals surface area (Å²) >= 11 is 1.30. The van der Waals surface area contributed by atoms with E-state index in [2.05, 4.69) is 32.5 Å². The fraction of sp³-hybridized carbons (Fsp3) is 0.333. The Balaban J connectivity index is 1.68. The third-order valence-corrected chi connectivity index (χ3v) is 6.43. The molecule has 2 amide bonds. The number of aromatic nitrogens is 2. The molecule has 0 aromatic carbocycles. The Labute approximate surface area is 207 Å². The van der Waals surface area contributed by atoms with Crippen molar-refractivity contribution >= 4 is 50.4 Å². The van der Waals surface area contributed by atoms with E-state index in [1.165, 1.54) is 17.4 Å². The molecule has 0 saturated carbocycles. The number of nitrogens with zero attached hydrogens (tertiary/aromatic N) is 3. The molecule has 1 atom stereocenters. The summed E-state index contributed by atoms with van der Waals surface area (Å²) in [4.78, 5) is 36.5. The van der Waals surface area contributed by atoms with Crippen LogP contribution in [-0.4, -0.2) is 54.4 Å². The highest BCUT2D eigenvalue weighted by Crippen LogP contribution is 2.47. The molecule has 0 saturated heterocycles. The second-order valence-electron chi connectivity index (χ2n) is 8.15. The molecular formula is C24H28N6O4S. The van der Waals surface area contributed by atoms with Crippen molar-refractivity contribution in [2.24, 2.45) is 0 Å². The Kier molecular flexibility index (Phi) is 7.17. The van der Waals surface area contributed by atoms with Crippen LogP contribution in [0.15, 0.2) is 37.2 Å². The number of ether oxygens (including phenoxy) is 2. The number of thiophene rings is 1. The van der Waals surface area contributed by atoms with Crippen LogP contribution in [0.25, 0.3) is 10.2 Å². The van der Waals surface area contributed by atoms with Crippen LogP contribution >= 0.6 is 11.3 Å². The van der Waals surface area contributed by atoms with E-state index >= 15 is 0 Å². The van der Waals surface area contributed by atoms with Crippen molar-refractivity contribution in [1.29, 1.82) is 0 Å². The molecule has 3 N–H and O–H groups in total. The first-order chi connectivity index (χ1) is 16.8. The molecule has 0 radical (unpaired) electrons. The van der Waals surface area contributed by atoms with Crippen LogP contribution in [0.5, 0.6) is 5.88 Å². The molecule has 3 aromatic rings. The molecule has 10 nitrogen and oxygen atoms in total. The lowest BCUT2D eigenvalue weighted by Crippen LogP contribution is -2.42. The fourth-order valence-electron chi connectivity index (χ4n) is 3.84. The summed E-state index contributed by atoms with van der Waals surface area (Å²) < 4.78 is 11.5. The number of carbonyl (C=O) groups excluding carboxylic acids is 2. The van der Waals surface area contributed by atoms with E-state index < -0.39 is 6.35 Å². The maximum absolute atomic E-state index is 13.0. The lowest BCUT2D eigenvalue weighted by molar-refractivity contribution is -0.116. The van der Waals surface area contributed by atoms with Crippen molar-refractivity contribution in [3.8, 4) is 5.88 Å². The summed E-state index contributed by atoms with van der Waals surface area (Å²) in [5, 5.41) is 9.66. The number of pyridine rings is 2. The van der Waals surface area contributed by atoms with E-state index in [-0.39, 0.29) is 24.5 Å². The number of rotatable bonds is 9. The van der Waals surface area contributed by atoms with Gasteiger partial charge >= 0.3 is 0 Å². The molecule has 184 valence electrons. The molecule has 1 aliphatic heterocycles. The Morgan fingerprint density at radius 1 is 1.29 bits per heavy atom. The number of amides is 2. The Bertz CT molecular complexity index is 1270. The van der Waals surface area contributed by atoms with Crippen LogP contribution in [0.2, 0.25) is 0 Å². The van der Waals surface area contributed by atoms with E-state index in [0.717, 1.165) is 27.2 Å². The molecule has 0 bridgehead atoms. The number of hydrogen-bond donors (Lipinski definition) is 3. The first-order valence-corrected chi connectivity index (χ1v) is 12.0. The second kappa shape index (κ2) is 10.3. The van der Waals surface area contributed by atoms with Gasteiger partial charge in [-0.25, -0.2) is 9.97 Å². The Hall–Kier alpha value is -3.70. The number of aryl methyl sites for hydroxylation is 1.